The number of hydrogen-bond donors (Lipinski definition) is 2. The lowest BCUT2D eigenvalue weighted by Gasteiger charge is -2.16. The van der Waals surface area contributed by atoms with E-state index >= 15 is 0 Å². The summed E-state index contributed by atoms with van der Waals surface area (Å²) in [6.07, 6.45) is 4.91. The van der Waals surface area contributed by atoms with Gasteiger partial charge < -0.3 is 10.4 Å². The summed E-state index contributed by atoms with van der Waals surface area (Å²) in [5, 5.41) is 14.4. The van der Waals surface area contributed by atoms with E-state index in [-0.39, 0.29) is 6.10 Å². The Morgan fingerprint density at radius 1 is 1.22 bits per heavy atom. The van der Waals surface area contributed by atoms with Crippen molar-refractivity contribution in [3.63, 3.8) is 0 Å². The van der Waals surface area contributed by atoms with Gasteiger partial charge in [0.05, 0.1) is 11.6 Å². The normalized spacial score (nSPS) is 23.4. The standard InChI is InChI=1S/C15H18N2O/c18-15-7-3-4-11(15)10-17-14-8-9-16-13-6-2-1-5-12(13)14/h1-2,5-6,8-9,11,15,18H,3-4,7,10H2,(H,16,17). The Labute approximate surface area is 107 Å². The first kappa shape index (κ1) is 11.5. The van der Waals surface area contributed by atoms with Gasteiger partial charge in [0.15, 0.2) is 0 Å². The zero-order valence-electron chi connectivity index (χ0n) is 10.3. The molecule has 2 atom stereocenters. The van der Waals surface area contributed by atoms with Crippen molar-refractivity contribution >= 4 is 16.6 Å². The molecule has 3 rings (SSSR count). The van der Waals surface area contributed by atoms with Gasteiger partial charge >= 0.3 is 0 Å². The Hall–Kier alpha value is -1.61. The second-order valence-electron chi connectivity index (χ2n) is 5.01. The first-order valence-corrected chi connectivity index (χ1v) is 6.60. The summed E-state index contributed by atoms with van der Waals surface area (Å²) in [4.78, 5) is 4.35. The predicted molar refractivity (Wildman–Crippen MR) is 73.6 cm³/mol. The van der Waals surface area contributed by atoms with Crippen molar-refractivity contribution in [2.75, 3.05) is 11.9 Å². The maximum absolute atomic E-state index is 9.83. The number of benzene rings is 1. The molecule has 1 aromatic heterocycles. The predicted octanol–water partition coefficient (Wildman–Crippen LogP) is 2.81. The molecule has 0 amide bonds. The number of hydrogen-bond acceptors (Lipinski definition) is 3. The Kier molecular flexibility index (Phi) is 3.15. The first-order valence-electron chi connectivity index (χ1n) is 6.60. The van der Waals surface area contributed by atoms with Crippen molar-refractivity contribution in [1.82, 2.24) is 4.98 Å². The maximum atomic E-state index is 9.83. The highest BCUT2D eigenvalue weighted by Crippen LogP contribution is 2.27. The molecular weight excluding hydrogens is 224 g/mol. The Morgan fingerprint density at radius 2 is 2.11 bits per heavy atom. The highest BCUT2D eigenvalue weighted by molar-refractivity contribution is 5.90. The van der Waals surface area contributed by atoms with E-state index < -0.39 is 0 Å². The summed E-state index contributed by atoms with van der Waals surface area (Å²) >= 11 is 0. The zero-order chi connectivity index (χ0) is 12.4. The summed E-state index contributed by atoms with van der Waals surface area (Å²) in [5.41, 5.74) is 2.12. The lowest BCUT2D eigenvalue weighted by molar-refractivity contribution is 0.138. The number of fused-ring (bicyclic) bond motifs is 1. The van der Waals surface area contributed by atoms with E-state index in [1.165, 1.54) is 0 Å². The quantitative estimate of drug-likeness (QED) is 0.870. The van der Waals surface area contributed by atoms with E-state index in [4.69, 9.17) is 0 Å². The van der Waals surface area contributed by atoms with Crippen LogP contribution in [0.2, 0.25) is 0 Å². The van der Waals surface area contributed by atoms with E-state index in [2.05, 4.69) is 16.4 Å². The van der Waals surface area contributed by atoms with Crippen molar-refractivity contribution in [3.8, 4) is 0 Å². The van der Waals surface area contributed by atoms with Crippen molar-refractivity contribution in [3.05, 3.63) is 36.5 Å². The van der Waals surface area contributed by atoms with Crippen LogP contribution in [0, 0.1) is 5.92 Å². The number of aromatic nitrogens is 1. The second kappa shape index (κ2) is 4.94. The molecule has 1 aromatic carbocycles. The highest BCUT2D eigenvalue weighted by Gasteiger charge is 2.24. The highest BCUT2D eigenvalue weighted by atomic mass is 16.3. The van der Waals surface area contributed by atoms with Crippen LogP contribution in [-0.2, 0) is 0 Å². The number of aliphatic hydroxyl groups is 1. The largest absolute Gasteiger partial charge is 0.393 e. The SMILES string of the molecule is OC1CCCC1CNc1ccnc2ccccc12. The van der Waals surface area contributed by atoms with E-state index in [0.29, 0.717) is 5.92 Å². The average molecular weight is 242 g/mol. The molecule has 2 unspecified atom stereocenters. The van der Waals surface area contributed by atoms with Crippen LogP contribution in [0.3, 0.4) is 0 Å². The molecule has 1 saturated carbocycles. The number of anilines is 1. The van der Waals surface area contributed by atoms with Crippen LogP contribution in [-0.4, -0.2) is 22.7 Å². The minimum Gasteiger partial charge on any atom is -0.393 e. The van der Waals surface area contributed by atoms with Gasteiger partial charge in [-0.25, -0.2) is 0 Å². The van der Waals surface area contributed by atoms with E-state index in [9.17, 15) is 5.11 Å². The number of para-hydroxylation sites is 1. The molecule has 1 aliphatic rings. The van der Waals surface area contributed by atoms with E-state index in [1.54, 1.807) is 0 Å². The van der Waals surface area contributed by atoms with Gasteiger partial charge in [0.2, 0.25) is 0 Å². The topological polar surface area (TPSA) is 45.1 Å². The van der Waals surface area contributed by atoms with Crippen LogP contribution in [0.5, 0.6) is 0 Å². The Morgan fingerprint density at radius 3 is 2.94 bits per heavy atom. The number of nitrogens with one attached hydrogen (secondary N) is 1. The second-order valence-corrected chi connectivity index (χ2v) is 5.01. The van der Waals surface area contributed by atoms with Crippen LogP contribution in [0.1, 0.15) is 19.3 Å². The van der Waals surface area contributed by atoms with E-state index in [0.717, 1.165) is 42.4 Å². The summed E-state index contributed by atoms with van der Waals surface area (Å²) in [5.74, 6) is 0.386. The van der Waals surface area contributed by atoms with Gasteiger partial charge in [-0.1, -0.05) is 24.6 Å². The fourth-order valence-corrected chi connectivity index (χ4v) is 2.75. The molecule has 3 heteroatoms. The zero-order valence-corrected chi connectivity index (χ0v) is 10.3. The third kappa shape index (κ3) is 2.18. The van der Waals surface area contributed by atoms with Crippen molar-refractivity contribution < 1.29 is 5.11 Å². The summed E-state index contributed by atoms with van der Waals surface area (Å²) in [6.45, 7) is 0.842. The molecule has 0 radical (unpaired) electrons. The molecule has 18 heavy (non-hydrogen) atoms. The summed E-state index contributed by atoms with van der Waals surface area (Å²) in [6, 6.07) is 10.1. The first-order chi connectivity index (χ1) is 8.84. The Balaban J connectivity index is 1.78. The maximum Gasteiger partial charge on any atom is 0.0722 e. The fourth-order valence-electron chi connectivity index (χ4n) is 2.75. The minimum atomic E-state index is -0.134. The van der Waals surface area contributed by atoms with E-state index in [1.807, 2.05) is 30.5 Å². The smallest absolute Gasteiger partial charge is 0.0722 e. The number of rotatable bonds is 3. The number of pyridine rings is 1. The summed E-state index contributed by atoms with van der Waals surface area (Å²) < 4.78 is 0. The number of nitrogens with zero attached hydrogens (tertiary/aromatic N) is 1. The molecule has 1 aliphatic carbocycles. The molecule has 1 fully saturated rings. The van der Waals surface area contributed by atoms with Crippen LogP contribution in [0.25, 0.3) is 10.9 Å². The molecule has 0 aliphatic heterocycles. The van der Waals surface area contributed by atoms with Gasteiger partial charge in [0.1, 0.15) is 0 Å². The molecule has 0 bridgehead atoms. The van der Waals surface area contributed by atoms with Crippen LogP contribution >= 0.6 is 0 Å². The van der Waals surface area contributed by atoms with Crippen molar-refractivity contribution in [2.24, 2.45) is 5.92 Å². The average Bonchev–Trinajstić information content (AvgIpc) is 2.82. The third-order valence-corrected chi connectivity index (χ3v) is 3.82. The van der Waals surface area contributed by atoms with Crippen LogP contribution < -0.4 is 5.32 Å². The van der Waals surface area contributed by atoms with Gasteiger partial charge in [0, 0.05) is 29.7 Å². The molecule has 1 heterocycles. The van der Waals surface area contributed by atoms with Crippen LogP contribution in [0.4, 0.5) is 5.69 Å². The van der Waals surface area contributed by atoms with Gasteiger partial charge in [-0.05, 0) is 25.0 Å². The molecular formula is C15H18N2O. The molecule has 3 nitrogen and oxygen atoms in total. The van der Waals surface area contributed by atoms with Crippen LogP contribution in [0.15, 0.2) is 36.5 Å². The van der Waals surface area contributed by atoms with Gasteiger partial charge in [-0.2, -0.15) is 0 Å². The number of aliphatic hydroxyl groups excluding tert-OH is 1. The molecule has 2 aromatic rings. The third-order valence-electron chi connectivity index (χ3n) is 3.82. The van der Waals surface area contributed by atoms with Gasteiger partial charge in [0.25, 0.3) is 0 Å². The minimum absolute atomic E-state index is 0.134. The molecule has 0 spiro atoms. The monoisotopic (exact) mass is 242 g/mol. The summed E-state index contributed by atoms with van der Waals surface area (Å²) in [7, 11) is 0. The molecule has 0 saturated heterocycles. The lowest BCUT2D eigenvalue weighted by atomic mass is 10.1. The van der Waals surface area contributed by atoms with Crippen molar-refractivity contribution in [2.45, 2.75) is 25.4 Å². The van der Waals surface area contributed by atoms with Crippen molar-refractivity contribution in [1.29, 1.82) is 0 Å². The van der Waals surface area contributed by atoms with Gasteiger partial charge in [-0.15, -0.1) is 0 Å². The lowest BCUT2D eigenvalue weighted by Crippen LogP contribution is -2.21. The Bertz CT molecular complexity index is 536. The van der Waals surface area contributed by atoms with Gasteiger partial charge in [-0.3, -0.25) is 4.98 Å². The molecule has 94 valence electrons. The molecule has 2 N–H and O–H groups in total. The fraction of sp³-hybridized carbons (Fsp3) is 0.400.